The van der Waals surface area contributed by atoms with Gasteiger partial charge in [-0.3, -0.25) is 0 Å². The Kier molecular flexibility index (Phi) is 2.93. The van der Waals surface area contributed by atoms with E-state index in [9.17, 15) is 48.7 Å². The van der Waals surface area contributed by atoms with Gasteiger partial charge in [-0.25, -0.2) is 4.79 Å². The van der Waals surface area contributed by atoms with Gasteiger partial charge in [0.2, 0.25) is 0 Å². The van der Waals surface area contributed by atoms with Crippen molar-refractivity contribution in [1.29, 1.82) is 0 Å². The fraction of sp³-hybridized carbons (Fsp3) is 0.833. The Bertz CT molecular complexity index is 378. The maximum absolute atomic E-state index is 13.2. The van der Waals surface area contributed by atoms with Gasteiger partial charge in [-0.15, -0.1) is 0 Å². The Labute approximate surface area is 95.6 Å². The van der Waals surface area contributed by atoms with Crippen molar-refractivity contribution in [3.05, 3.63) is 0 Å². The van der Waals surface area contributed by atoms with Gasteiger partial charge in [-0.05, 0) is 0 Å². The van der Waals surface area contributed by atoms with Crippen molar-refractivity contribution in [2.75, 3.05) is 0 Å². The van der Waals surface area contributed by atoms with E-state index in [4.69, 9.17) is 0 Å². The number of halogens is 10. The summed E-state index contributed by atoms with van der Waals surface area (Å²) in [6.07, 6.45) is -23.8. The highest BCUT2D eigenvalue weighted by molar-refractivity contribution is 5.65. The first-order chi connectivity index (χ1) is 8.10. The van der Waals surface area contributed by atoms with Gasteiger partial charge in [-0.2, -0.15) is 43.9 Å². The summed E-state index contributed by atoms with van der Waals surface area (Å²) in [6, 6.07) is 0. The van der Waals surface area contributed by atoms with Crippen LogP contribution in [0.15, 0.2) is 0 Å². The highest BCUT2D eigenvalue weighted by Crippen LogP contribution is 2.61. The zero-order valence-electron chi connectivity index (χ0n) is 8.00. The molecule has 0 amide bonds. The molecule has 0 spiro atoms. The van der Waals surface area contributed by atoms with Gasteiger partial charge in [0.25, 0.3) is 0 Å². The first kappa shape index (κ1) is 15.6. The predicted molar refractivity (Wildman–Crippen MR) is 32.3 cm³/mol. The summed E-state index contributed by atoms with van der Waals surface area (Å²) in [7, 11) is 0. The summed E-state index contributed by atoms with van der Waals surface area (Å²) in [4.78, 5) is 10.2. The van der Waals surface area contributed by atoms with Crippen LogP contribution in [0, 0.1) is 0 Å². The Hall–Kier alpha value is -1.43. The molecule has 1 atom stereocenters. The molecule has 0 aromatic carbocycles. The van der Waals surface area contributed by atoms with E-state index in [0.717, 1.165) is 0 Å². The van der Waals surface area contributed by atoms with Gasteiger partial charge in [0.15, 0.2) is 0 Å². The first-order valence-electron chi connectivity index (χ1n) is 3.91. The van der Waals surface area contributed by atoms with E-state index in [1.165, 1.54) is 0 Å². The minimum absolute atomic E-state index is 2.49. The zero-order chi connectivity index (χ0) is 15.5. The number of alkyl halides is 10. The number of hydrogen-bond acceptors (Lipinski definition) is 3. The highest BCUT2D eigenvalue weighted by Gasteiger charge is 2.96. The van der Waals surface area contributed by atoms with Crippen molar-refractivity contribution in [3.8, 4) is 0 Å². The number of cyclic esters (lactones) is 2. The third kappa shape index (κ3) is 1.77. The zero-order valence-corrected chi connectivity index (χ0v) is 8.00. The number of hydrogen-bond donors (Lipinski definition) is 0. The minimum atomic E-state index is -6.96. The van der Waals surface area contributed by atoms with Crippen LogP contribution in [-0.4, -0.2) is 36.1 Å². The summed E-state index contributed by atoms with van der Waals surface area (Å²) >= 11 is 0. The highest BCUT2D eigenvalue weighted by atomic mass is 19.4. The van der Waals surface area contributed by atoms with Gasteiger partial charge in [-0.1, -0.05) is 0 Å². The van der Waals surface area contributed by atoms with Crippen molar-refractivity contribution in [2.24, 2.45) is 0 Å². The van der Waals surface area contributed by atoms with Crippen LogP contribution < -0.4 is 0 Å². The molecule has 3 nitrogen and oxygen atoms in total. The lowest BCUT2D eigenvalue weighted by molar-refractivity contribution is -0.446. The fourth-order valence-electron chi connectivity index (χ4n) is 1.30. The van der Waals surface area contributed by atoms with Gasteiger partial charge in [0.1, 0.15) is 0 Å². The molecule has 0 saturated carbocycles. The average Bonchev–Trinajstić information content (AvgIpc) is 2.35. The second kappa shape index (κ2) is 3.56. The standard InChI is InChI=1S/C6F10O3/c7-3(6(14,15)16)2(4(8,9)10,5(11,12)13)18-1(17)19-3. The Balaban J connectivity index is 3.67. The molecule has 1 heterocycles. The van der Waals surface area contributed by atoms with E-state index >= 15 is 0 Å². The largest absolute Gasteiger partial charge is 0.512 e. The lowest BCUT2D eigenvalue weighted by atomic mass is 9.92. The molecule has 112 valence electrons. The number of rotatable bonds is 0. The van der Waals surface area contributed by atoms with E-state index < -0.39 is 36.1 Å². The molecule has 19 heavy (non-hydrogen) atoms. The van der Waals surface area contributed by atoms with Gasteiger partial charge in [0.05, 0.1) is 0 Å². The molecule has 13 heteroatoms. The normalized spacial score (nSPS) is 28.0. The SMILES string of the molecule is O=C1OC(F)(C(F)(F)F)C(C(F)(F)F)(C(F)(F)F)O1. The Morgan fingerprint density at radius 3 is 1.32 bits per heavy atom. The summed E-state index contributed by atoms with van der Waals surface area (Å²) in [5.74, 6) is -6.44. The number of carbonyl (C=O) groups excluding carboxylic acids is 1. The van der Waals surface area contributed by atoms with Crippen LogP contribution >= 0.6 is 0 Å². The Morgan fingerprint density at radius 1 is 0.737 bits per heavy atom. The molecule has 1 rings (SSSR count). The van der Waals surface area contributed by atoms with E-state index in [1.54, 1.807) is 0 Å². The average molecular weight is 310 g/mol. The van der Waals surface area contributed by atoms with Crippen molar-refractivity contribution >= 4 is 6.16 Å². The molecule has 0 N–H and O–H groups in total. The van der Waals surface area contributed by atoms with Gasteiger partial charge >= 0.3 is 36.1 Å². The number of carbonyl (C=O) groups is 1. The summed E-state index contributed by atoms with van der Waals surface area (Å²) in [5.41, 5.74) is -6.48. The lowest BCUT2D eigenvalue weighted by Crippen LogP contribution is -2.72. The summed E-state index contributed by atoms with van der Waals surface area (Å²) < 4.78 is 128. The van der Waals surface area contributed by atoms with Crippen LogP contribution in [0.3, 0.4) is 0 Å². The van der Waals surface area contributed by atoms with E-state index in [1.807, 2.05) is 0 Å². The van der Waals surface area contributed by atoms with Gasteiger partial charge in [0, 0.05) is 0 Å². The molecule has 0 aromatic rings. The molecule has 0 aromatic heterocycles. The third-order valence-corrected chi connectivity index (χ3v) is 2.08. The maximum atomic E-state index is 13.2. The third-order valence-electron chi connectivity index (χ3n) is 2.08. The van der Waals surface area contributed by atoms with Crippen LogP contribution in [0.1, 0.15) is 0 Å². The van der Waals surface area contributed by atoms with Crippen LogP contribution in [0.4, 0.5) is 48.7 Å². The lowest BCUT2D eigenvalue weighted by Gasteiger charge is -2.37. The van der Waals surface area contributed by atoms with Crippen molar-refractivity contribution in [2.45, 2.75) is 30.0 Å². The second-order valence-corrected chi connectivity index (χ2v) is 3.22. The van der Waals surface area contributed by atoms with Crippen molar-refractivity contribution in [1.82, 2.24) is 0 Å². The summed E-state index contributed by atoms with van der Waals surface area (Å²) in [6.45, 7) is 0. The number of ether oxygens (including phenoxy) is 2. The molecule has 0 bridgehead atoms. The van der Waals surface area contributed by atoms with E-state index in [0.29, 0.717) is 0 Å². The van der Waals surface area contributed by atoms with Crippen LogP contribution in [0.2, 0.25) is 0 Å². The molecule has 1 aliphatic rings. The van der Waals surface area contributed by atoms with E-state index in [-0.39, 0.29) is 0 Å². The van der Waals surface area contributed by atoms with Crippen LogP contribution in [-0.2, 0) is 9.47 Å². The molecule has 1 saturated heterocycles. The van der Waals surface area contributed by atoms with Crippen molar-refractivity contribution < 1.29 is 58.2 Å². The topological polar surface area (TPSA) is 35.5 Å². The quantitative estimate of drug-likeness (QED) is 0.509. The monoisotopic (exact) mass is 310 g/mol. The van der Waals surface area contributed by atoms with Crippen molar-refractivity contribution in [3.63, 3.8) is 0 Å². The fourth-order valence-corrected chi connectivity index (χ4v) is 1.30. The summed E-state index contributed by atoms with van der Waals surface area (Å²) in [5, 5.41) is 0. The van der Waals surface area contributed by atoms with Crippen LogP contribution in [0.25, 0.3) is 0 Å². The molecule has 1 unspecified atom stereocenters. The molecule has 0 radical (unpaired) electrons. The first-order valence-corrected chi connectivity index (χ1v) is 3.91. The van der Waals surface area contributed by atoms with E-state index in [2.05, 4.69) is 9.47 Å². The maximum Gasteiger partial charge on any atom is 0.512 e. The molecule has 0 aliphatic carbocycles. The van der Waals surface area contributed by atoms with Gasteiger partial charge < -0.3 is 9.47 Å². The second-order valence-electron chi connectivity index (χ2n) is 3.22. The minimum Gasteiger partial charge on any atom is -0.400 e. The predicted octanol–water partition coefficient (Wildman–Crippen LogP) is 3.24. The molecule has 1 fully saturated rings. The van der Waals surface area contributed by atoms with Crippen LogP contribution in [0.5, 0.6) is 0 Å². The molecular formula is C6F10O3. The molecule has 1 aliphatic heterocycles. The molecular weight excluding hydrogens is 310 g/mol. The Morgan fingerprint density at radius 2 is 1.11 bits per heavy atom. The smallest absolute Gasteiger partial charge is 0.400 e.